The van der Waals surface area contributed by atoms with Crippen LogP contribution in [-0.4, -0.2) is 51.4 Å². The molecule has 1 saturated heterocycles. The molecule has 3 aromatic rings. The summed E-state index contributed by atoms with van der Waals surface area (Å²) in [6.45, 7) is 3.69. The predicted octanol–water partition coefficient (Wildman–Crippen LogP) is 3.52. The zero-order valence-corrected chi connectivity index (χ0v) is 19.5. The summed E-state index contributed by atoms with van der Waals surface area (Å²) >= 11 is 0. The number of amides is 2. The minimum Gasteiger partial charge on any atom is -0.378 e. The van der Waals surface area contributed by atoms with Gasteiger partial charge in [-0.1, -0.05) is 36.4 Å². The number of rotatable bonds is 6. The zero-order valence-electron chi connectivity index (χ0n) is 18.7. The van der Waals surface area contributed by atoms with E-state index in [0.29, 0.717) is 48.8 Å². The summed E-state index contributed by atoms with van der Waals surface area (Å²) in [5, 5.41) is 2.79. The summed E-state index contributed by atoms with van der Waals surface area (Å²) < 4.78 is 33.3. The summed E-state index contributed by atoms with van der Waals surface area (Å²) in [5.41, 5.74) is 1.99. The Morgan fingerprint density at radius 2 is 1.56 bits per heavy atom. The number of carbonyl (C=O) groups excluding carboxylic acids is 2. The summed E-state index contributed by atoms with van der Waals surface area (Å²) in [6, 6.07) is 19.6. The van der Waals surface area contributed by atoms with Crippen LogP contribution < -0.4 is 10.0 Å². The van der Waals surface area contributed by atoms with Crippen molar-refractivity contribution in [2.24, 2.45) is 0 Å². The van der Waals surface area contributed by atoms with E-state index in [-0.39, 0.29) is 16.4 Å². The number of carbonyl (C=O) groups is 2. The monoisotopic (exact) mass is 479 g/mol. The lowest BCUT2D eigenvalue weighted by atomic mass is 10.1. The highest BCUT2D eigenvalue weighted by atomic mass is 32.2. The van der Waals surface area contributed by atoms with Gasteiger partial charge < -0.3 is 15.0 Å². The number of benzene rings is 3. The number of ether oxygens (including phenoxy) is 1. The molecule has 0 saturated carbocycles. The number of sulfonamides is 1. The molecule has 0 aromatic heterocycles. The highest BCUT2D eigenvalue weighted by Gasteiger charge is 2.22. The minimum absolute atomic E-state index is 0.125. The molecule has 0 spiro atoms. The molecule has 1 fully saturated rings. The van der Waals surface area contributed by atoms with Crippen LogP contribution in [0.3, 0.4) is 0 Å². The fourth-order valence-electron chi connectivity index (χ4n) is 3.59. The molecule has 4 rings (SSSR count). The van der Waals surface area contributed by atoms with Gasteiger partial charge in [-0.05, 0) is 48.9 Å². The summed E-state index contributed by atoms with van der Waals surface area (Å²) in [5.74, 6) is -0.637. The molecule has 1 aliphatic heterocycles. The van der Waals surface area contributed by atoms with Crippen molar-refractivity contribution in [3.8, 4) is 0 Å². The Kier molecular flexibility index (Phi) is 6.95. The van der Waals surface area contributed by atoms with Crippen molar-refractivity contribution in [1.82, 2.24) is 4.90 Å². The molecule has 0 unspecified atom stereocenters. The Labute approximate surface area is 198 Å². The van der Waals surface area contributed by atoms with E-state index in [1.54, 1.807) is 66.4 Å². The van der Waals surface area contributed by atoms with Crippen molar-refractivity contribution in [3.05, 3.63) is 89.5 Å². The van der Waals surface area contributed by atoms with Crippen LogP contribution in [0.15, 0.2) is 77.7 Å². The van der Waals surface area contributed by atoms with Crippen molar-refractivity contribution in [1.29, 1.82) is 0 Å². The van der Waals surface area contributed by atoms with Crippen LogP contribution in [0.2, 0.25) is 0 Å². The van der Waals surface area contributed by atoms with Gasteiger partial charge in [-0.2, -0.15) is 0 Å². The second-order valence-electron chi connectivity index (χ2n) is 7.85. The van der Waals surface area contributed by atoms with Crippen LogP contribution in [-0.2, 0) is 14.8 Å². The molecule has 2 amide bonds. The molecular weight excluding hydrogens is 454 g/mol. The second kappa shape index (κ2) is 10.1. The Balaban J connectivity index is 1.55. The number of nitrogens with one attached hydrogen (secondary N) is 2. The van der Waals surface area contributed by atoms with Gasteiger partial charge in [0.05, 0.1) is 35.0 Å². The molecule has 34 heavy (non-hydrogen) atoms. The molecule has 2 N–H and O–H groups in total. The Bertz CT molecular complexity index is 1300. The lowest BCUT2D eigenvalue weighted by Crippen LogP contribution is -2.41. The standard InChI is InChI=1S/C25H25N3O5S/c1-18-11-12-19(17-23(18)27-34(31,32)20-7-3-2-4-8-20)24(29)26-22-10-6-5-9-21(22)25(30)28-13-15-33-16-14-28/h2-12,17,27H,13-16H2,1H3,(H,26,29). The van der Waals surface area contributed by atoms with Gasteiger partial charge in [0.15, 0.2) is 0 Å². The fourth-order valence-corrected chi connectivity index (χ4v) is 4.73. The van der Waals surface area contributed by atoms with E-state index in [0.717, 1.165) is 0 Å². The Morgan fingerprint density at radius 1 is 0.882 bits per heavy atom. The topological polar surface area (TPSA) is 105 Å². The maximum Gasteiger partial charge on any atom is 0.261 e. The first-order chi connectivity index (χ1) is 16.3. The van der Waals surface area contributed by atoms with Crippen LogP contribution in [0.4, 0.5) is 11.4 Å². The van der Waals surface area contributed by atoms with Crippen LogP contribution in [0.25, 0.3) is 0 Å². The molecule has 0 atom stereocenters. The molecule has 0 bridgehead atoms. The maximum absolute atomic E-state index is 13.0. The zero-order chi connectivity index (χ0) is 24.1. The number of morpholine rings is 1. The first-order valence-corrected chi connectivity index (χ1v) is 12.3. The van der Waals surface area contributed by atoms with Gasteiger partial charge in [-0.3, -0.25) is 14.3 Å². The van der Waals surface area contributed by atoms with Crippen LogP contribution >= 0.6 is 0 Å². The van der Waals surface area contributed by atoms with Crippen LogP contribution in [0.5, 0.6) is 0 Å². The Hall–Kier alpha value is -3.69. The molecule has 8 nitrogen and oxygen atoms in total. The first-order valence-electron chi connectivity index (χ1n) is 10.8. The minimum atomic E-state index is -3.81. The highest BCUT2D eigenvalue weighted by Crippen LogP contribution is 2.23. The average Bonchev–Trinajstić information content (AvgIpc) is 2.86. The SMILES string of the molecule is Cc1ccc(C(=O)Nc2ccccc2C(=O)N2CCOCC2)cc1NS(=O)(=O)c1ccccc1. The first kappa shape index (κ1) is 23.5. The lowest BCUT2D eigenvalue weighted by molar-refractivity contribution is 0.0303. The van der Waals surface area contributed by atoms with Crippen molar-refractivity contribution in [2.45, 2.75) is 11.8 Å². The van der Waals surface area contributed by atoms with Gasteiger partial charge in [-0.25, -0.2) is 8.42 Å². The normalized spacial score (nSPS) is 13.9. The van der Waals surface area contributed by atoms with E-state index in [1.807, 2.05) is 0 Å². The highest BCUT2D eigenvalue weighted by molar-refractivity contribution is 7.92. The summed E-state index contributed by atoms with van der Waals surface area (Å²) in [7, 11) is -3.81. The molecule has 0 aliphatic carbocycles. The number of nitrogens with zero attached hydrogens (tertiary/aromatic N) is 1. The third kappa shape index (κ3) is 5.27. The van der Waals surface area contributed by atoms with Gasteiger partial charge in [0.25, 0.3) is 21.8 Å². The molecule has 9 heteroatoms. The van der Waals surface area contributed by atoms with Gasteiger partial charge in [-0.15, -0.1) is 0 Å². The number of anilines is 2. The smallest absolute Gasteiger partial charge is 0.261 e. The second-order valence-corrected chi connectivity index (χ2v) is 9.53. The number of para-hydroxylation sites is 1. The average molecular weight is 480 g/mol. The predicted molar refractivity (Wildman–Crippen MR) is 130 cm³/mol. The molecule has 1 heterocycles. The number of hydrogen-bond donors (Lipinski definition) is 2. The van der Waals surface area contributed by atoms with Crippen LogP contribution in [0, 0.1) is 6.92 Å². The van der Waals surface area contributed by atoms with Crippen molar-refractivity contribution < 1.29 is 22.7 Å². The number of hydrogen-bond acceptors (Lipinski definition) is 5. The summed E-state index contributed by atoms with van der Waals surface area (Å²) in [6.07, 6.45) is 0. The van der Waals surface area contributed by atoms with E-state index in [2.05, 4.69) is 10.0 Å². The molecule has 0 radical (unpaired) electrons. The third-order valence-corrected chi connectivity index (χ3v) is 6.88. The van der Waals surface area contributed by atoms with Crippen LogP contribution in [0.1, 0.15) is 26.3 Å². The van der Waals surface area contributed by atoms with E-state index in [1.165, 1.54) is 18.2 Å². The fraction of sp³-hybridized carbons (Fsp3) is 0.200. The van der Waals surface area contributed by atoms with E-state index >= 15 is 0 Å². The summed E-state index contributed by atoms with van der Waals surface area (Å²) in [4.78, 5) is 27.8. The van der Waals surface area contributed by atoms with Gasteiger partial charge in [0.2, 0.25) is 0 Å². The van der Waals surface area contributed by atoms with Crippen molar-refractivity contribution in [2.75, 3.05) is 36.3 Å². The van der Waals surface area contributed by atoms with Gasteiger partial charge in [0.1, 0.15) is 0 Å². The third-order valence-electron chi connectivity index (χ3n) is 5.50. The van der Waals surface area contributed by atoms with Crippen molar-refractivity contribution >= 4 is 33.2 Å². The quantitative estimate of drug-likeness (QED) is 0.563. The number of aryl methyl sites for hydroxylation is 1. The Morgan fingerprint density at radius 3 is 2.29 bits per heavy atom. The van der Waals surface area contributed by atoms with E-state index in [9.17, 15) is 18.0 Å². The van der Waals surface area contributed by atoms with Gasteiger partial charge >= 0.3 is 0 Å². The largest absolute Gasteiger partial charge is 0.378 e. The van der Waals surface area contributed by atoms with E-state index in [4.69, 9.17) is 4.74 Å². The molecule has 176 valence electrons. The van der Waals surface area contributed by atoms with Crippen molar-refractivity contribution in [3.63, 3.8) is 0 Å². The molecular formula is C25H25N3O5S. The lowest BCUT2D eigenvalue weighted by Gasteiger charge is -2.27. The molecule has 1 aliphatic rings. The maximum atomic E-state index is 13.0. The van der Waals surface area contributed by atoms with Gasteiger partial charge in [0, 0.05) is 18.7 Å². The van der Waals surface area contributed by atoms with E-state index < -0.39 is 15.9 Å². The molecule has 3 aromatic carbocycles.